The summed E-state index contributed by atoms with van der Waals surface area (Å²) in [5.74, 6) is 1.86. The molecule has 5 nitrogen and oxygen atoms in total. The number of amides is 1. The van der Waals surface area contributed by atoms with Crippen molar-refractivity contribution in [2.45, 2.75) is 57.5 Å². The lowest BCUT2D eigenvalue weighted by Gasteiger charge is -2.34. The number of hydrogen-bond donors (Lipinski definition) is 1. The Labute approximate surface area is 144 Å². The summed E-state index contributed by atoms with van der Waals surface area (Å²) in [6, 6.07) is 6.39. The van der Waals surface area contributed by atoms with Crippen molar-refractivity contribution in [3.8, 4) is 11.5 Å². The molecule has 5 heteroatoms. The Kier molecular flexibility index (Phi) is 5.96. The van der Waals surface area contributed by atoms with Crippen molar-refractivity contribution >= 4 is 5.91 Å². The van der Waals surface area contributed by atoms with Gasteiger partial charge in [0.25, 0.3) is 0 Å². The molecule has 0 unspecified atom stereocenters. The molecule has 1 aliphatic carbocycles. The number of carbonyl (C=O) groups excluding carboxylic acids is 1. The van der Waals surface area contributed by atoms with Gasteiger partial charge < -0.3 is 19.7 Å². The highest BCUT2D eigenvalue weighted by atomic mass is 16.7. The predicted octanol–water partition coefficient (Wildman–Crippen LogP) is 3.08. The Morgan fingerprint density at radius 2 is 2.00 bits per heavy atom. The molecule has 0 bridgehead atoms. The van der Waals surface area contributed by atoms with Gasteiger partial charge in [-0.1, -0.05) is 25.3 Å². The Morgan fingerprint density at radius 3 is 2.79 bits per heavy atom. The average Bonchev–Trinajstić information content (AvgIpc) is 3.08. The maximum absolute atomic E-state index is 12.8. The second kappa shape index (κ2) is 8.38. The highest BCUT2D eigenvalue weighted by Crippen LogP contribution is 2.33. The molecular weight excluding hydrogens is 304 g/mol. The van der Waals surface area contributed by atoms with E-state index in [4.69, 9.17) is 9.47 Å². The minimum absolute atomic E-state index is 0.273. The summed E-state index contributed by atoms with van der Waals surface area (Å²) in [7, 11) is 1.93. The van der Waals surface area contributed by atoms with Crippen molar-refractivity contribution in [1.82, 2.24) is 10.2 Å². The van der Waals surface area contributed by atoms with E-state index in [0.29, 0.717) is 19.0 Å². The van der Waals surface area contributed by atoms with Crippen molar-refractivity contribution < 1.29 is 14.3 Å². The zero-order valence-corrected chi connectivity index (χ0v) is 14.6. The Bertz CT molecular complexity index is 556. The van der Waals surface area contributed by atoms with E-state index in [1.807, 2.05) is 25.2 Å². The lowest BCUT2D eigenvalue weighted by molar-refractivity contribution is -0.135. The molecule has 1 aromatic carbocycles. The summed E-state index contributed by atoms with van der Waals surface area (Å²) in [6.45, 7) is 1.84. The summed E-state index contributed by atoms with van der Waals surface area (Å²) in [6.07, 6.45) is 7.51. The molecule has 0 aromatic heterocycles. The van der Waals surface area contributed by atoms with E-state index in [2.05, 4.69) is 10.2 Å². The zero-order valence-electron chi connectivity index (χ0n) is 14.6. The molecule has 1 N–H and O–H groups in total. The van der Waals surface area contributed by atoms with Gasteiger partial charge in [-0.25, -0.2) is 0 Å². The highest BCUT2D eigenvalue weighted by Gasteiger charge is 2.25. The topological polar surface area (TPSA) is 50.8 Å². The first-order chi connectivity index (χ1) is 11.8. The maximum atomic E-state index is 12.8. The largest absolute Gasteiger partial charge is 0.454 e. The number of rotatable bonds is 7. The zero-order chi connectivity index (χ0) is 16.8. The number of nitrogens with one attached hydrogen (secondary N) is 1. The van der Waals surface area contributed by atoms with Crippen molar-refractivity contribution in [3.05, 3.63) is 23.8 Å². The highest BCUT2D eigenvalue weighted by molar-refractivity contribution is 5.76. The van der Waals surface area contributed by atoms with Crippen LogP contribution in [0.5, 0.6) is 11.5 Å². The van der Waals surface area contributed by atoms with Crippen molar-refractivity contribution in [3.63, 3.8) is 0 Å². The van der Waals surface area contributed by atoms with Crippen LogP contribution in [0.4, 0.5) is 0 Å². The molecule has 3 rings (SSSR count). The summed E-state index contributed by atoms with van der Waals surface area (Å²) in [5.41, 5.74) is 1.12. The van der Waals surface area contributed by atoms with Gasteiger partial charge in [-0.2, -0.15) is 0 Å². The lowest BCUT2D eigenvalue weighted by Crippen LogP contribution is -2.41. The predicted molar refractivity (Wildman–Crippen MR) is 93.1 cm³/mol. The van der Waals surface area contributed by atoms with Gasteiger partial charge in [0.2, 0.25) is 12.7 Å². The number of nitrogens with zero attached hydrogens (tertiary/aromatic N) is 1. The standard InChI is InChI=1S/C19H28N2O3/c1-20-11-5-8-19(22)21(16-6-3-2-4-7-16)13-15-9-10-17-18(12-15)24-14-23-17/h9-10,12,16,20H,2-8,11,13-14H2,1H3. The molecular formula is C19H28N2O3. The minimum Gasteiger partial charge on any atom is -0.454 e. The van der Waals surface area contributed by atoms with Gasteiger partial charge in [-0.05, 0) is 50.6 Å². The number of hydrogen-bond acceptors (Lipinski definition) is 4. The van der Waals surface area contributed by atoms with Gasteiger partial charge in [0.1, 0.15) is 0 Å². The maximum Gasteiger partial charge on any atom is 0.231 e. The van der Waals surface area contributed by atoms with Crippen LogP contribution >= 0.6 is 0 Å². The van der Waals surface area contributed by atoms with Crippen LogP contribution in [-0.2, 0) is 11.3 Å². The molecule has 1 heterocycles. The molecule has 0 radical (unpaired) electrons. The Balaban J connectivity index is 1.69. The van der Waals surface area contributed by atoms with Crippen molar-refractivity contribution in [2.75, 3.05) is 20.4 Å². The smallest absolute Gasteiger partial charge is 0.231 e. The van der Waals surface area contributed by atoms with Gasteiger partial charge in [-0.15, -0.1) is 0 Å². The fourth-order valence-electron chi connectivity index (χ4n) is 3.61. The van der Waals surface area contributed by atoms with Gasteiger partial charge in [-0.3, -0.25) is 4.79 Å². The summed E-state index contributed by atoms with van der Waals surface area (Å²) in [5, 5.41) is 3.12. The number of benzene rings is 1. The Hall–Kier alpha value is -1.75. The SMILES string of the molecule is CNCCCC(=O)N(Cc1ccc2c(c1)OCO2)C1CCCCC1. The molecule has 1 aliphatic heterocycles. The van der Waals surface area contributed by atoms with Crippen LogP contribution in [0.2, 0.25) is 0 Å². The van der Waals surface area contributed by atoms with Gasteiger partial charge in [0, 0.05) is 19.0 Å². The van der Waals surface area contributed by atoms with Crippen LogP contribution in [0, 0.1) is 0 Å². The van der Waals surface area contributed by atoms with Crippen molar-refractivity contribution in [2.24, 2.45) is 0 Å². The third kappa shape index (κ3) is 4.20. The van der Waals surface area contributed by atoms with Crippen molar-refractivity contribution in [1.29, 1.82) is 0 Å². The Morgan fingerprint density at radius 1 is 1.21 bits per heavy atom. The monoisotopic (exact) mass is 332 g/mol. The summed E-state index contributed by atoms with van der Waals surface area (Å²) < 4.78 is 10.9. The summed E-state index contributed by atoms with van der Waals surface area (Å²) in [4.78, 5) is 14.9. The van der Waals surface area contributed by atoms with Crippen LogP contribution in [0.25, 0.3) is 0 Å². The molecule has 1 fully saturated rings. The molecule has 0 spiro atoms. The van der Waals surface area contributed by atoms with Crippen LogP contribution in [0.3, 0.4) is 0 Å². The van der Waals surface area contributed by atoms with E-state index in [0.717, 1.165) is 42.9 Å². The number of fused-ring (bicyclic) bond motifs is 1. The quantitative estimate of drug-likeness (QED) is 0.780. The molecule has 1 saturated carbocycles. The van der Waals surface area contributed by atoms with Gasteiger partial charge in [0.15, 0.2) is 11.5 Å². The minimum atomic E-state index is 0.273. The average molecular weight is 332 g/mol. The van der Waals surface area contributed by atoms with E-state index in [1.54, 1.807) is 0 Å². The second-order valence-electron chi connectivity index (χ2n) is 6.71. The molecule has 24 heavy (non-hydrogen) atoms. The number of carbonyl (C=O) groups is 1. The fourth-order valence-corrected chi connectivity index (χ4v) is 3.61. The molecule has 132 valence electrons. The van der Waals surface area contributed by atoms with E-state index < -0.39 is 0 Å². The van der Waals surface area contributed by atoms with E-state index in [9.17, 15) is 4.79 Å². The second-order valence-corrected chi connectivity index (χ2v) is 6.71. The lowest BCUT2D eigenvalue weighted by atomic mass is 9.93. The molecule has 1 aromatic rings. The van der Waals surface area contributed by atoms with Crippen LogP contribution in [-0.4, -0.2) is 37.2 Å². The molecule has 0 atom stereocenters. The normalized spacial score (nSPS) is 17.0. The fraction of sp³-hybridized carbons (Fsp3) is 0.632. The first-order valence-corrected chi connectivity index (χ1v) is 9.10. The van der Waals surface area contributed by atoms with Crippen LogP contribution in [0.15, 0.2) is 18.2 Å². The molecule has 2 aliphatic rings. The van der Waals surface area contributed by atoms with Crippen LogP contribution < -0.4 is 14.8 Å². The van der Waals surface area contributed by atoms with E-state index >= 15 is 0 Å². The first kappa shape index (κ1) is 17.1. The van der Waals surface area contributed by atoms with E-state index in [-0.39, 0.29) is 12.7 Å². The molecule has 0 saturated heterocycles. The molecule has 1 amide bonds. The number of ether oxygens (including phenoxy) is 2. The van der Waals surface area contributed by atoms with Gasteiger partial charge in [0.05, 0.1) is 0 Å². The summed E-state index contributed by atoms with van der Waals surface area (Å²) >= 11 is 0. The third-order valence-corrected chi connectivity index (χ3v) is 4.94. The van der Waals surface area contributed by atoms with Crippen LogP contribution in [0.1, 0.15) is 50.5 Å². The van der Waals surface area contributed by atoms with E-state index in [1.165, 1.54) is 19.3 Å². The van der Waals surface area contributed by atoms with Gasteiger partial charge >= 0.3 is 0 Å². The first-order valence-electron chi connectivity index (χ1n) is 9.10. The third-order valence-electron chi connectivity index (χ3n) is 4.94.